The van der Waals surface area contributed by atoms with E-state index in [2.05, 4.69) is 15.5 Å². The van der Waals surface area contributed by atoms with Gasteiger partial charge in [0.2, 0.25) is 0 Å². The number of carbonyl (C=O) groups is 1. The Labute approximate surface area is 132 Å². The number of hydrogen-bond acceptors (Lipinski definition) is 5. The number of halogens is 1. The van der Waals surface area contributed by atoms with Crippen LogP contribution in [0.1, 0.15) is 29.1 Å². The van der Waals surface area contributed by atoms with Crippen LogP contribution in [0.4, 0.5) is 0 Å². The van der Waals surface area contributed by atoms with Crippen LogP contribution in [0.2, 0.25) is 5.02 Å². The first kappa shape index (κ1) is 16.3. The van der Waals surface area contributed by atoms with Crippen LogP contribution in [0.25, 0.3) is 0 Å². The van der Waals surface area contributed by atoms with Gasteiger partial charge >= 0.3 is 0 Å². The molecule has 2 aromatic rings. The molecule has 0 aliphatic heterocycles. The van der Waals surface area contributed by atoms with Crippen molar-refractivity contribution in [1.29, 1.82) is 0 Å². The molecule has 0 fully saturated rings. The number of aromatic nitrogens is 3. The summed E-state index contributed by atoms with van der Waals surface area (Å²) in [6.07, 6.45) is 1.58. The molecule has 0 aliphatic carbocycles. The average Bonchev–Trinajstić information content (AvgIpc) is 2.96. The molecule has 1 unspecified atom stereocenters. The first-order valence-corrected chi connectivity index (χ1v) is 7.06. The Hall–Kier alpha value is -2.12. The summed E-state index contributed by atoms with van der Waals surface area (Å²) in [6, 6.07) is 3.92. The molecule has 118 valence electrons. The van der Waals surface area contributed by atoms with Crippen LogP contribution in [0.15, 0.2) is 24.5 Å². The molecule has 2 N–H and O–H groups in total. The van der Waals surface area contributed by atoms with E-state index in [-0.39, 0.29) is 17.4 Å². The number of nitrogens with one attached hydrogen (secondary N) is 1. The number of hydrogen-bond donors (Lipinski definition) is 2. The van der Waals surface area contributed by atoms with Crippen LogP contribution in [0.3, 0.4) is 0 Å². The molecule has 1 heterocycles. The SMILES string of the molecule is COCCn1cnnc1C(C)NC(=O)c1cc(Cl)ccc1O. The summed E-state index contributed by atoms with van der Waals surface area (Å²) in [5.74, 6) is 0.0376. The number of amides is 1. The van der Waals surface area contributed by atoms with Crippen LogP contribution < -0.4 is 5.32 Å². The second-order valence-electron chi connectivity index (χ2n) is 4.73. The maximum absolute atomic E-state index is 12.2. The van der Waals surface area contributed by atoms with Crippen LogP contribution in [-0.2, 0) is 11.3 Å². The van der Waals surface area contributed by atoms with Crippen molar-refractivity contribution in [2.75, 3.05) is 13.7 Å². The summed E-state index contributed by atoms with van der Waals surface area (Å²) in [5, 5.41) is 20.7. The molecule has 0 saturated carbocycles. The Morgan fingerprint density at radius 2 is 2.32 bits per heavy atom. The zero-order valence-corrected chi connectivity index (χ0v) is 13.0. The van der Waals surface area contributed by atoms with E-state index in [0.717, 1.165) is 0 Å². The molecule has 1 aromatic carbocycles. The summed E-state index contributed by atoms with van der Waals surface area (Å²) in [5.41, 5.74) is 0.113. The molecule has 8 heteroatoms. The van der Waals surface area contributed by atoms with Crippen molar-refractivity contribution in [1.82, 2.24) is 20.1 Å². The Kier molecular flexibility index (Phi) is 5.35. The fraction of sp³-hybridized carbons (Fsp3) is 0.357. The second kappa shape index (κ2) is 7.24. The molecule has 1 amide bonds. The van der Waals surface area contributed by atoms with Crippen molar-refractivity contribution in [3.63, 3.8) is 0 Å². The average molecular weight is 325 g/mol. The summed E-state index contributed by atoms with van der Waals surface area (Å²) in [4.78, 5) is 12.2. The highest BCUT2D eigenvalue weighted by molar-refractivity contribution is 6.31. The summed E-state index contributed by atoms with van der Waals surface area (Å²) in [6.45, 7) is 2.88. The summed E-state index contributed by atoms with van der Waals surface area (Å²) < 4.78 is 6.82. The predicted octanol–water partition coefficient (Wildman–Crippen LogP) is 1.77. The fourth-order valence-electron chi connectivity index (χ4n) is 1.99. The Morgan fingerprint density at radius 1 is 1.55 bits per heavy atom. The van der Waals surface area contributed by atoms with E-state index >= 15 is 0 Å². The monoisotopic (exact) mass is 324 g/mol. The smallest absolute Gasteiger partial charge is 0.255 e. The predicted molar refractivity (Wildman–Crippen MR) is 80.9 cm³/mol. The highest BCUT2D eigenvalue weighted by atomic mass is 35.5. The van der Waals surface area contributed by atoms with Gasteiger partial charge in [0.25, 0.3) is 5.91 Å². The number of benzene rings is 1. The first-order valence-electron chi connectivity index (χ1n) is 6.69. The number of methoxy groups -OCH3 is 1. The molecule has 0 spiro atoms. The van der Waals surface area contributed by atoms with Crippen LogP contribution in [-0.4, -0.2) is 39.5 Å². The fourth-order valence-corrected chi connectivity index (χ4v) is 2.16. The standard InChI is InChI=1S/C14H17ClN4O3/c1-9(13-18-16-8-19(13)5-6-22-2)17-14(21)11-7-10(15)3-4-12(11)20/h3-4,7-9,20H,5-6H2,1-2H3,(H,17,21). The van der Waals surface area contributed by atoms with E-state index in [1.165, 1.54) is 18.2 Å². The van der Waals surface area contributed by atoms with E-state index in [1.54, 1.807) is 24.9 Å². The molecule has 7 nitrogen and oxygen atoms in total. The molecular weight excluding hydrogens is 308 g/mol. The topological polar surface area (TPSA) is 89.3 Å². The third kappa shape index (κ3) is 3.75. The minimum Gasteiger partial charge on any atom is -0.507 e. The second-order valence-corrected chi connectivity index (χ2v) is 5.17. The number of nitrogens with zero attached hydrogens (tertiary/aromatic N) is 3. The van der Waals surface area contributed by atoms with Crippen molar-refractivity contribution in [3.05, 3.63) is 40.9 Å². The van der Waals surface area contributed by atoms with Crippen molar-refractivity contribution in [2.24, 2.45) is 0 Å². The van der Waals surface area contributed by atoms with Gasteiger partial charge in [-0.1, -0.05) is 11.6 Å². The number of aromatic hydroxyl groups is 1. The molecule has 2 rings (SSSR count). The Morgan fingerprint density at radius 3 is 3.05 bits per heavy atom. The normalized spacial score (nSPS) is 12.1. The van der Waals surface area contributed by atoms with Gasteiger partial charge in [-0.15, -0.1) is 10.2 Å². The van der Waals surface area contributed by atoms with Gasteiger partial charge in [0.15, 0.2) is 5.82 Å². The minimum atomic E-state index is -0.436. The lowest BCUT2D eigenvalue weighted by atomic mass is 10.1. The third-order valence-electron chi connectivity index (χ3n) is 3.12. The molecule has 1 atom stereocenters. The zero-order chi connectivity index (χ0) is 16.1. The maximum Gasteiger partial charge on any atom is 0.255 e. The highest BCUT2D eigenvalue weighted by Crippen LogP contribution is 2.22. The van der Waals surface area contributed by atoms with Gasteiger partial charge < -0.3 is 19.7 Å². The van der Waals surface area contributed by atoms with Crippen molar-refractivity contribution >= 4 is 17.5 Å². The van der Waals surface area contributed by atoms with E-state index in [1.807, 2.05) is 0 Å². The molecule has 0 bridgehead atoms. The van der Waals surface area contributed by atoms with Crippen LogP contribution >= 0.6 is 11.6 Å². The van der Waals surface area contributed by atoms with Gasteiger partial charge in [-0.2, -0.15) is 0 Å². The number of phenolic OH excluding ortho intramolecular Hbond substituents is 1. The molecule has 22 heavy (non-hydrogen) atoms. The van der Waals surface area contributed by atoms with E-state index in [0.29, 0.717) is 24.0 Å². The molecule has 0 aliphatic rings. The van der Waals surface area contributed by atoms with Gasteiger partial charge in [0, 0.05) is 18.7 Å². The molecular formula is C14H17ClN4O3. The first-order chi connectivity index (χ1) is 10.5. The highest BCUT2D eigenvalue weighted by Gasteiger charge is 2.18. The lowest BCUT2D eigenvalue weighted by molar-refractivity contribution is 0.0934. The number of carbonyl (C=O) groups excluding carboxylic acids is 1. The van der Waals surface area contributed by atoms with Gasteiger partial charge in [-0.25, -0.2) is 0 Å². The lowest BCUT2D eigenvalue weighted by Gasteiger charge is -2.15. The number of ether oxygens (including phenoxy) is 1. The summed E-state index contributed by atoms with van der Waals surface area (Å²) in [7, 11) is 1.61. The van der Waals surface area contributed by atoms with Crippen LogP contribution in [0.5, 0.6) is 5.75 Å². The summed E-state index contributed by atoms with van der Waals surface area (Å²) >= 11 is 5.85. The maximum atomic E-state index is 12.2. The van der Waals surface area contributed by atoms with Crippen molar-refractivity contribution in [3.8, 4) is 5.75 Å². The van der Waals surface area contributed by atoms with Crippen molar-refractivity contribution < 1.29 is 14.6 Å². The van der Waals surface area contributed by atoms with Crippen LogP contribution in [0, 0.1) is 0 Å². The van der Waals surface area contributed by atoms with Gasteiger partial charge in [-0.3, -0.25) is 4.79 Å². The molecule has 1 aromatic heterocycles. The Balaban J connectivity index is 2.11. The quantitative estimate of drug-likeness (QED) is 0.845. The number of rotatable bonds is 6. The van der Waals surface area contributed by atoms with E-state index < -0.39 is 5.91 Å². The minimum absolute atomic E-state index is 0.113. The lowest BCUT2D eigenvalue weighted by Crippen LogP contribution is -2.29. The van der Waals surface area contributed by atoms with Crippen molar-refractivity contribution in [2.45, 2.75) is 19.5 Å². The van der Waals surface area contributed by atoms with Gasteiger partial charge in [-0.05, 0) is 25.1 Å². The van der Waals surface area contributed by atoms with Gasteiger partial charge in [0.1, 0.15) is 12.1 Å². The van der Waals surface area contributed by atoms with E-state index in [9.17, 15) is 9.90 Å². The number of phenols is 1. The van der Waals surface area contributed by atoms with E-state index in [4.69, 9.17) is 16.3 Å². The molecule has 0 radical (unpaired) electrons. The third-order valence-corrected chi connectivity index (χ3v) is 3.36. The zero-order valence-electron chi connectivity index (χ0n) is 12.3. The Bertz CT molecular complexity index is 659. The van der Waals surface area contributed by atoms with Gasteiger partial charge in [0.05, 0.1) is 18.2 Å². The molecule has 0 saturated heterocycles. The largest absolute Gasteiger partial charge is 0.507 e.